The number of methoxy groups -OCH3 is 1. The van der Waals surface area contributed by atoms with Gasteiger partial charge in [-0.25, -0.2) is 0 Å². The maximum absolute atomic E-state index is 8.46. The van der Waals surface area contributed by atoms with Crippen molar-refractivity contribution in [2.24, 2.45) is 10.9 Å². The summed E-state index contributed by atoms with van der Waals surface area (Å²) in [6, 6.07) is 7.17. The van der Waals surface area contributed by atoms with Crippen LogP contribution in [-0.4, -0.2) is 24.3 Å². The molecule has 0 radical (unpaired) electrons. The molecule has 0 saturated heterocycles. The molecule has 1 unspecified atom stereocenters. The minimum absolute atomic E-state index is 0.0147. The molecule has 82 valence electrons. The average molecular weight is 210 g/mol. The van der Waals surface area contributed by atoms with Crippen LogP contribution in [0.2, 0.25) is 0 Å². The lowest BCUT2D eigenvalue weighted by atomic mass is 10.3. The summed E-state index contributed by atoms with van der Waals surface area (Å²) in [6.45, 7) is 1.68. The number of amidine groups is 1. The summed E-state index contributed by atoms with van der Waals surface area (Å²) in [6.07, 6.45) is -0.508. The van der Waals surface area contributed by atoms with Gasteiger partial charge in [0.25, 0.3) is 0 Å². The second kappa shape index (κ2) is 5.09. The molecule has 5 heteroatoms. The third-order valence-electron chi connectivity index (χ3n) is 1.90. The Bertz CT molecular complexity index is 352. The van der Waals surface area contributed by atoms with Gasteiger partial charge in [0, 0.05) is 0 Å². The predicted molar refractivity (Wildman–Crippen MR) is 56.5 cm³/mol. The molecule has 0 bridgehead atoms. The summed E-state index contributed by atoms with van der Waals surface area (Å²) >= 11 is 0. The Kier molecular flexibility index (Phi) is 3.79. The van der Waals surface area contributed by atoms with E-state index in [1.807, 2.05) is 12.1 Å². The van der Waals surface area contributed by atoms with Gasteiger partial charge in [-0.15, -0.1) is 0 Å². The molecular weight excluding hydrogens is 196 g/mol. The second-order valence-corrected chi connectivity index (χ2v) is 2.94. The Hall–Kier alpha value is -1.91. The number of rotatable bonds is 4. The van der Waals surface area contributed by atoms with Crippen molar-refractivity contribution >= 4 is 5.84 Å². The third-order valence-corrected chi connectivity index (χ3v) is 1.90. The van der Waals surface area contributed by atoms with Crippen LogP contribution in [0.5, 0.6) is 11.5 Å². The van der Waals surface area contributed by atoms with Crippen LogP contribution in [0, 0.1) is 0 Å². The Balaban J connectivity index is 2.80. The Labute approximate surface area is 88.1 Å². The van der Waals surface area contributed by atoms with Gasteiger partial charge in [-0.3, -0.25) is 0 Å². The zero-order chi connectivity index (χ0) is 11.3. The Morgan fingerprint density at radius 3 is 2.53 bits per heavy atom. The van der Waals surface area contributed by atoms with E-state index in [0.29, 0.717) is 11.5 Å². The number of hydrogen-bond acceptors (Lipinski definition) is 4. The second-order valence-electron chi connectivity index (χ2n) is 2.94. The molecule has 15 heavy (non-hydrogen) atoms. The highest BCUT2D eigenvalue weighted by atomic mass is 16.5. The monoisotopic (exact) mass is 210 g/mol. The minimum Gasteiger partial charge on any atom is -0.493 e. The van der Waals surface area contributed by atoms with Crippen LogP contribution in [-0.2, 0) is 0 Å². The number of nitrogens with zero attached hydrogens (tertiary/aromatic N) is 1. The number of para-hydroxylation sites is 2. The highest BCUT2D eigenvalue weighted by Crippen LogP contribution is 2.26. The zero-order valence-electron chi connectivity index (χ0n) is 8.68. The van der Waals surface area contributed by atoms with Crippen molar-refractivity contribution in [3.8, 4) is 11.5 Å². The van der Waals surface area contributed by atoms with E-state index in [1.54, 1.807) is 26.2 Å². The molecule has 0 aliphatic heterocycles. The number of ether oxygens (including phenoxy) is 2. The first-order valence-electron chi connectivity index (χ1n) is 4.46. The lowest BCUT2D eigenvalue weighted by molar-refractivity contribution is 0.254. The van der Waals surface area contributed by atoms with Crippen LogP contribution < -0.4 is 15.2 Å². The first kappa shape index (κ1) is 11.2. The molecule has 0 amide bonds. The molecule has 0 saturated carbocycles. The molecule has 0 heterocycles. The van der Waals surface area contributed by atoms with Gasteiger partial charge in [0.2, 0.25) is 0 Å². The van der Waals surface area contributed by atoms with E-state index in [-0.39, 0.29) is 5.84 Å². The van der Waals surface area contributed by atoms with Crippen LogP contribution in [0.4, 0.5) is 0 Å². The predicted octanol–water partition coefficient (Wildman–Crippen LogP) is 1.21. The fraction of sp³-hybridized carbons (Fsp3) is 0.300. The molecular formula is C10H14N2O3. The number of benzene rings is 1. The molecule has 0 aliphatic rings. The fourth-order valence-electron chi connectivity index (χ4n) is 1.05. The average Bonchev–Trinajstić information content (AvgIpc) is 2.28. The Morgan fingerprint density at radius 1 is 1.40 bits per heavy atom. The van der Waals surface area contributed by atoms with Crippen LogP contribution in [0.15, 0.2) is 29.4 Å². The number of oxime groups is 1. The normalized spacial score (nSPS) is 13.3. The molecule has 3 N–H and O–H groups in total. The van der Waals surface area contributed by atoms with Crippen molar-refractivity contribution in [2.45, 2.75) is 13.0 Å². The van der Waals surface area contributed by atoms with Gasteiger partial charge in [0.1, 0.15) is 0 Å². The Morgan fingerprint density at radius 2 is 2.00 bits per heavy atom. The summed E-state index contributed by atoms with van der Waals surface area (Å²) in [5.41, 5.74) is 5.39. The molecule has 5 nitrogen and oxygen atoms in total. The van der Waals surface area contributed by atoms with Crippen molar-refractivity contribution < 1.29 is 14.7 Å². The highest BCUT2D eigenvalue weighted by molar-refractivity contribution is 5.84. The van der Waals surface area contributed by atoms with Crippen molar-refractivity contribution in [3.63, 3.8) is 0 Å². The molecule has 0 spiro atoms. The standard InChI is InChI=1S/C10H14N2O3/c1-7(10(11)12-13)15-9-6-4-3-5-8(9)14-2/h3-7,13H,1-2H3,(H2,11,12). The molecule has 1 aromatic rings. The van der Waals surface area contributed by atoms with E-state index in [0.717, 1.165) is 0 Å². The summed E-state index contributed by atoms with van der Waals surface area (Å²) in [4.78, 5) is 0. The van der Waals surface area contributed by atoms with Crippen molar-refractivity contribution in [1.29, 1.82) is 0 Å². The molecule has 0 aromatic heterocycles. The topological polar surface area (TPSA) is 77.1 Å². The van der Waals surface area contributed by atoms with Crippen LogP contribution in [0.25, 0.3) is 0 Å². The van der Waals surface area contributed by atoms with E-state index in [2.05, 4.69) is 5.16 Å². The van der Waals surface area contributed by atoms with Crippen molar-refractivity contribution in [2.75, 3.05) is 7.11 Å². The van der Waals surface area contributed by atoms with Gasteiger partial charge in [0.15, 0.2) is 23.4 Å². The first-order chi connectivity index (χ1) is 7.19. The smallest absolute Gasteiger partial charge is 0.180 e. The van der Waals surface area contributed by atoms with Gasteiger partial charge < -0.3 is 20.4 Å². The van der Waals surface area contributed by atoms with Gasteiger partial charge in [-0.2, -0.15) is 0 Å². The number of hydrogen-bond donors (Lipinski definition) is 2. The quantitative estimate of drug-likeness (QED) is 0.339. The van der Waals surface area contributed by atoms with Gasteiger partial charge >= 0.3 is 0 Å². The molecule has 1 aromatic carbocycles. The van der Waals surface area contributed by atoms with Crippen molar-refractivity contribution in [1.82, 2.24) is 0 Å². The van der Waals surface area contributed by atoms with E-state index in [9.17, 15) is 0 Å². The fourth-order valence-corrected chi connectivity index (χ4v) is 1.05. The number of nitrogens with two attached hydrogens (primary N) is 1. The van der Waals surface area contributed by atoms with E-state index >= 15 is 0 Å². The summed E-state index contributed by atoms with van der Waals surface area (Å²) < 4.78 is 10.5. The van der Waals surface area contributed by atoms with Crippen LogP contribution >= 0.6 is 0 Å². The van der Waals surface area contributed by atoms with Crippen LogP contribution in [0.3, 0.4) is 0 Å². The first-order valence-corrected chi connectivity index (χ1v) is 4.46. The molecule has 0 aliphatic carbocycles. The third kappa shape index (κ3) is 2.77. The van der Waals surface area contributed by atoms with Gasteiger partial charge in [0.05, 0.1) is 7.11 Å². The van der Waals surface area contributed by atoms with Gasteiger partial charge in [-0.05, 0) is 19.1 Å². The lowest BCUT2D eigenvalue weighted by Crippen LogP contribution is -2.31. The highest BCUT2D eigenvalue weighted by Gasteiger charge is 2.11. The molecule has 0 fully saturated rings. The zero-order valence-corrected chi connectivity index (χ0v) is 8.68. The SMILES string of the molecule is COc1ccccc1OC(C)C(N)=NO. The van der Waals surface area contributed by atoms with E-state index in [1.165, 1.54) is 0 Å². The molecule has 1 rings (SSSR count). The lowest BCUT2D eigenvalue weighted by Gasteiger charge is -2.15. The van der Waals surface area contributed by atoms with E-state index < -0.39 is 6.10 Å². The summed E-state index contributed by atoms with van der Waals surface area (Å²) in [5, 5.41) is 11.3. The maximum atomic E-state index is 8.46. The maximum Gasteiger partial charge on any atom is 0.180 e. The summed E-state index contributed by atoms with van der Waals surface area (Å²) in [7, 11) is 1.55. The van der Waals surface area contributed by atoms with Gasteiger partial charge in [-0.1, -0.05) is 17.3 Å². The summed E-state index contributed by atoms with van der Waals surface area (Å²) in [5.74, 6) is 1.18. The largest absolute Gasteiger partial charge is 0.493 e. The van der Waals surface area contributed by atoms with Crippen LogP contribution in [0.1, 0.15) is 6.92 Å². The van der Waals surface area contributed by atoms with E-state index in [4.69, 9.17) is 20.4 Å². The minimum atomic E-state index is -0.508. The molecule has 1 atom stereocenters. The van der Waals surface area contributed by atoms with Crippen molar-refractivity contribution in [3.05, 3.63) is 24.3 Å².